The van der Waals surface area contributed by atoms with Crippen molar-refractivity contribution in [3.8, 4) is 0 Å². The maximum absolute atomic E-state index is 6.25. The molecule has 1 aromatic rings. The van der Waals surface area contributed by atoms with Gasteiger partial charge in [0.2, 0.25) is 0 Å². The van der Waals surface area contributed by atoms with Crippen molar-refractivity contribution >= 4 is 17.3 Å². The number of hydrogen-bond donors (Lipinski definition) is 1. The minimum Gasteiger partial charge on any atom is -0.384 e. The Labute approximate surface area is 146 Å². The predicted octanol–water partition coefficient (Wildman–Crippen LogP) is 4.95. The van der Waals surface area contributed by atoms with Crippen molar-refractivity contribution in [3.63, 3.8) is 0 Å². The molecule has 2 heterocycles. The summed E-state index contributed by atoms with van der Waals surface area (Å²) in [5, 5.41) is 4.48. The first kappa shape index (κ1) is 15.5. The van der Waals surface area contributed by atoms with Gasteiger partial charge in [-0.05, 0) is 74.4 Å². The number of halogens is 1. The molecule has 3 aliphatic rings. The first-order valence-corrected chi connectivity index (χ1v) is 9.45. The lowest BCUT2D eigenvalue weighted by atomic mass is 9.74. The number of nitrogens with one attached hydrogen (secondary N) is 1. The number of rotatable bonds is 2. The zero-order valence-corrected chi connectivity index (χ0v) is 14.8. The van der Waals surface area contributed by atoms with Crippen LogP contribution in [-0.4, -0.2) is 31.1 Å². The Hall–Kier alpha value is -0.990. The smallest absolute Gasteiger partial charge is 0.0410 e. The molecule has 1 N–H and O–H groups in total. The van der Waals surface area contributed by atoms with Crippen LogP contribution in [0.2, 0.25) is 5.02 Å². The van der Waals surface area contributed by atoms with Gasteiger partial charge >= 0.3 is 0 Å². The highest BCUT2D eigenvalue weighted by atomic mass is 35.5. The van der Waals surface area contributed by atoms with E-state index in [2.05, 4.69) is 41.4 Å². The van der Waals surface area contributed by atoms with Crippen LogP contribution in [0.3, 0.4) is 0 Å². The molecule has 2 atom stereocenters. The van der Waals surface area contributed by atoms with Crippen LogP contribution in [0, 0.1) is 11.8 Å². The number of benzene rings is 1. The maximum Gasteiger partial charge on any atom is 0.0410 e. The van der Waals surface area contributed by atoms with E-state index in [1.54, 1.807) is 0 Å². The third-order valence-electron chi connectivity index (χ3n) is 6.14. The number of piperidine rings is 1. The quantitative estimate of drug-likeness (QED) is 0.771. The molecule has 4 rings (SSSR count). The summed E-state index contributed by atoms with van der Waals surface area (Å²) >= 11 is 6.25. The second-order valence-corrected chi connectivity index (χ2v) is 8.30. The van der Waals surface area contributed by atoms with E-state index in [1.807, 2.05) is 6.07 Å². The van der Waals surface area contributed by atoms with Gasteiger partial charge in [0.25, 0.3) is 0 Å². The Morgan fingerprint density at radius 1 is 1.35 bits per heavy atom. The number of nitrogens with zero attached hydrogens (tertiary/aromatic N) is 1. The highest BCUT2D eigenvalue weighted by molar-refractivity contribution is 6.30. The summed E-state index contributed by atoms with van der Waals surface area (Å²) in [5.74, 6) is 1.62. The fraction of sp³-hybridized carbons (Fsp3) is 0.600. The summed E-state index contributed by atoms with van der Waals surface area (Å²) in [6, 6.07) is 6.34. The molecule has 2 nitrogen and oxygen atoms in total. The molecule has 2 unspecified atom stereocenters. The van der Waals surface area contributed by atoms with Gasteiger partial charge in [0.05, 0.1) is 0 Å². The van der Waals surface area contributed by atoms with E-state index in [1.165, 1.54) is 56.6 Å². The Morgan fingerprint density at radius 3 is 2.96 bits per heavy atom. The Bertz CT molecular complexity index is 608. The van der Waals surface area contributed by atoms with Crippen LogP contribution in [0.4, 0.5) is 5.69 Å². The van der Waals surface area contributed by atoms with Crippen LogP contribution in [0.25, 0.3) is 0 Å². The SMILES string of the molecule is CC1C=CCC(CN2CCC3(CC2)CNc2ccc(Cl)cc23)C1.[HH]. The summed E-state index contributed by atoms with van der Waals surface area (Å²) in [6.07, 6.45) is 9.91. The maximum atomic E-state index is 6.25. The van der Waals surface area contributed by atoms with Crippen molar-refractivity contribution < 1.29 is 1.43 Å². The summed E-state index contributed by atoms with van der Waals surface area (Å²) in [5.41, 5.74) is 3.07. The van der Waals surface area contributed by atoms with Crippen molar-refractivity contribution in [2.45, 2.75) is 38.0 Å². The van der Waals surface area contributed by atoms with Gasteiger partial charge in [0.15, 0.2) is 0 Å². The van der Waals surface area contributed by atoms with Gasteiger partial charge in [-0.1, -0.05) is 30.7 Å². The van der Waals surface area contributed by atoms with Crippen molar-refractivity contribution in [1.29, 1.82) is 0 Å². The lowest BCUT2D eigenvalue weighted by molar-refractivity contribution is 0.141. The number of allylic oxidation sites excluding steroid dienone is 2. The molecule has 0 aromatic heterocycles. The number of hydrogen-bond acceptors (Lipinski definition) is 2. The van der Waals surface area contributed by atoms with Crippen molar-refractivity contribution in [1.82, 2.24) is 4.90 Å². The average molecular weight is 333 g/mol. The molecule has 0 radical (unpaired) electrons. The molecule has 126 valence electrons. The average Bonchev–Trinajstić information content (AvgIpc) is 2.88. The molecule has 0 amide bonds. The van der Waals surface area contributed by atoms with E-state index in [9.17, 15) is 0 Å². The summed E-state index contributed by atoms with van der Waals surface area (Å²) in [7, 11) is 0. The van der Waals surface area contributed by atoms with E-state index in [0.717, 1.165) is 23.4 Å². The van der Waals surface area contributed by atoms with E-state index < -0.39 is 0 Å². The van der Waals surface area contributed by atoms with Gasteiger partial charge in [-0.3, -0.25) is 0 Å². The molecule has 1 aliphatic carbocycles. The normalized spacial score (nSPS) is 29.5. The van der Waals surface area contributed by atoms with Gasteiger partial charge in [0.1, 0.15) is 0 Å². The van der Waals surface area contributed by atoms with Gasteiger partial charge < -0.3 is 10.2 Å². The van der Waals surface area contributed by atoms with Gasteiger partial charge in [0, 0.05) is 30.6 Å². The third kappa shape index (κ3) is 3.04. The monoisotopic (exact) mass is 332 g/mol. The second kappa shape index (κ2) is 6.14. The zero-order chi connectivity index (χ0) is 15.9. The van der Waals surface area contributed by atoms with Crippen molar-refractivity contribution in [2.24, 2.45) is 11.8 Å². The van der Waals surface area contributed by atoms with Crippen LogP contribution in [0.5, 0.6) is 0 Å². The third-order valence-corrected chi connectivity index (χ3v) is 6.37. The van der Waals surface area contributed by atoms with Gasteiger partial charge in [-0.15, -0.1) is 0 Å². The molecule has 1 saturated heterocycles. The van der Waals surface area contributed by atoms with Gasteiger partial charge in [-0.25, -0.2) is 0 Å². The molecule has 2 aliphatic heterocycles. The van der Waals surface area contributed by atoms with Crippen molar-refractivity contribution in [2.75, 3.05) is 31.5 Å². The first-order chi connectivity index (χ1) is 11.1. The summed E-state index contributed by atoms with van der Waals surface area (Å²) in [4.78, 5) is 2.70. The molecule has 1 aromatic carbocycles. The highest BCUT2D eigenvalue weighted by Gasteiger charge is 2.41. The Kier molecular flexibility index (Phi) is 4.15. The Morgan fingerprint density at radius 2 is 2.17 bits per heavy atom. The number of fused-ring (bicyclic) bond motifs is 2. The number of likely N-dealkylation sites (tertiary alicyclic amines) is 1. The lowest BCUT2D eigenvalue weighted by Gasteiger charge is -2.41. The van der Waals surface area contributed by atoms with Crippen LogP contribution >= 0.6 is 11.6 Å². The van der Waals surface area contributed by atoms with Crippen molar-refractivity contribution in [3.05, 3.63) is 40.9 Å². The first-order valence-electron chi connectivity index (χ1n) is 9.08. The van der Waals surface area contributed by atoms with Crippen LogP contribution < -0.4 is 5.32 Å². The van der Waals surface area contributed by atoms with E-state index in [4.69, 9.17) is 11.6 Å². The highest BCUT2D eigenvalue weighted by Crippen LogP contribution is 2.45. The van der Waals surface area contributed by atoms with E-state index in [-0.39, 0.29) is 1.43 Å². The Balaban J connectivity index is 0.00000169. The molecular formula is C20H29ClN2. The predicted molar refractivity (Wildman–Crippen MR) is 100 cm³/mol. The molecule has 0 saturated carbocycles. The minimum absolute atomic E-state index is 0. The molecule has 3 heteroatoms. The van der Waals surface area contributed by atoms with Crippen LogP contribution in [0.15, 0.2) is 30.4 Å². The molecule has 0 bridgehead atoms. The van der Waals surface area contributed by atoms with Crippen LogP contribution in [-0.2, 0) is 5.41 Å². The standard InChI is InChI=1S/C20H27ClN2.H2/c1-15-3-2-4-16(11-15)13-23-9-7-20(8-10-23)14-22-19-6-5-17(21)12-18(19)20;/h2-3,5-6,12,15-16,22H,4,7-11,13-14H2,1H3;1H. The lowest BCUT2D eigenvalue weighted by Crippen LogP contribution is -2.45. The second-order valence-electron chi connectivity index (χ2n) is 7.87. The molecular weight excluding hydrogens is 304 g/mol. The fourth-order valence-electron chi connectivity index (χ4n) is 4.80. The number of anilines is 1. The van der Waals surface area contributed by atoms with Gasteiger partial charge in [-0.2, -0.15) is 0 Å². The molecule has 23 heavy (non-hydrogen) atoms. The minimum atomic E-state index is 0. The zero-order valence-electron chi connectivity index (χ0n) is 14.0. The molecule has 1 fully saturated rings. The summed E-state index contributed by atoms with van der Waals surface area (Å²) < 4.78 is 0. The van der Waals surface area contributed by atoms with Crippen LogP contribution in [0.1, 0.15) is 39.6 Å². The topological polar surface area (TPSA) is 15.3 Å². The largest absolute Gasteiger partial charge is 0.384 e. The van der Waals surface area contributed by atoms with E-state index in [0.29, 0.717) is 5.41 Å². The van der Waals surface area contributed by atoms with E-state index >= 15 is 0 Å². The molecule has 1 spiro atoms. The fourth-order valence-corrected chi connectivity index (χ4v) is 4.97. The summed E-state index contributed by atoms with van der Waals surface area (Å²) in [6.45, 7) is 7.16.